The Balaban J connectivity index is 1.44. The molecule has 4 rings (SSSR count). The van der Waals surface area contributed by atoms with E-state index in [4.69, 9.17) is 16.3 Å². The van der Waals surface area contributed by atoms with Crippen LogP contribution in [0.3, 0.4) is 0 Å². The molecule has 1 saturated carbocycles. The number of nitrogens with one attached hydrogen (secondary N) is 2. The molecule has 0 saturated heterocycles. The molecule has 0 radical (unpaired) electrons. The second-order valence-corrected chi connectivity index (χ2v) is 8.22. The summed E-state index contributed by atoms with van der Waals surface area (Å²) in [7, 11) is 1.59. The van der Waals surface area contributed by atoms with Gasteiger partial charge in [-0.05, 0) is 37.5 Å². The van der Waals surface area contributed by atoms with E-state index in [1.165, 1.54) is 10.9 Å². The third kappa shape index (κ3) is 5.08. The fourth-order valence-corrected chi connectivity index (χ4v) is 3.53. The molecule has 0 bridgehead atoms. The molecule has 3 heterocycles. The molecule has 0 aromatic carbocycles. The van der Waals surface area contributed by atoms with Gasteiger partial charge in [-0.3, -0.25) is 15.1 Å². The first-order chi connectivity index (χ1) is 15.7. The molecule has 0 spiro atoms. The highest BCUT2D eigenvalue weighted by atomic mass is 35.5. The molecule has 0 unspecified atom stereocenters. The summed E-state index contributed by atoms with van der Waals surface area (Å²) in [5.41, 5.74) is 1.54. The molecule has 3 atom stereocenters. The molecule has 2 N–H and O–H groups in total. The van der Waals surface area contributed by atoms with Crippen molar-refractivity contribution in [2.75, 3.05) is 10.6 Å². The number of carbonyl (C=O) groups is 2. The van der Waals surface area contributed by atoms with Crippen LogP contribution in [0.25, 0.3) is 11.4 Å². The van der Waals surface area contributed by atoms with Gasteiger partial charge in [-0.1, -0.05) is 23.7 Å². The Labute approximate surface area is 193 Å². The van der Waals surface area contributed by atoms with Crippen molar-refractivity contribution < 1.29 is 18.7 Å². The highest BCUT2D eigenvalue weighted by Gasteiger charge is 2.39. The monoisotopic (exact) mass is 473 g/mol. The number of rotatable bonds is 6. The number of carbonyl (C=O) groups excluding carboxylic acids is 2. The Morgan fingerprint density at radius 2 is 2.03 bits per heavy atom. The molecule has 33 heavy (non-hydrogen) atoms. The standard InChI is InChI=1S/C21H21ClFN7O3/c1-10-6-14(10)20(31)26-13-4-5-16(24-9-13)17-19(30(3)29-28-17)27-21(32)33-11(2)15-7-12(23)8-25-18(15)22/h4-5,7-11,14H,6H2,1-3H3,(H,26,31)(H,27,32)/t10-,11-,14-/m1/s1. The summed E-state index contributed by atoms with van der Waals surface area (Å²) >= 11 is 5.97. The molecule has 12 heteroatoms. The van der Waals surface area contributed by atoms with Crippen molar-refractivity contribution in [2.24, 2.45) is 18.9 Å². The summed E-state index contributed by atoms with van der Waals surface area (Å²) in [4.78, 5) is 32.6. The highest BCUT2D eigenvalue weighted by Crippen LogP contribution is 2.38. The minimum absolute atomic E-state index is 0.0237. The van der Waals surface area contributed by atoms with Crippen LogP contribution in [-0.2, 0) is 16.6 Å². The first-order valence-corrected chi connectivity index (χ1v) is 10.6. The van der Waals surface area contributed by atoms with Gasteiger partial charge in [-0.15, -0.1) is 5.10 Å². The van der Waals surface area contributed by atoms with Gasteiger partial charge in [-0.2, -0.15) is 0 Å². The van der Waals surface area contributed by atoms with Gasteiger partial charge >= 0.3 is 6.09 Å². The van der Waals surface area contributed by atoms with Crippen molar-refractivity contribution in [1.82, 2.24) is 25.0 Å². The fraction of sp³-hybridized carbons (Fsp3) is 0.333. The largest absolute Gasteiger partial charge is 0.441 e. The third-order valence-corrected chi connectivity index (χ3v) is 5.64. The summed E-state index contributed by atoms with van der Waals surface area (Å²) in [5.74, 6) is 0.0740. The van der Waals surface area contributed by atoms with Crippen LogP contribution in [0.2, 0.25) is 5.15 Å². The predicted octanol–water partition coefficient (Wildman–Crippen LogP) is 3.97. The zero-order chi connectivity index (χ0) is 23.7. The van der Waals surface area contributed by atoms with Crippen LogP contribution in [0.15, 0.2) is 30.6 Å². The number of hydrogen-bond acceptors (Lipinski definition) is 7. The Hall–Kier alpha value is -3.60. The lowest BCUT2D eigenvalue weighted by Crippen LogP contribution is -2.19. The average Bonchev–Trinajstić information content (AvgIpc) is 3.41. The number of anilines is 2. The van der Waals surface area contributed by atoms with E-state index in [0.717, 1.165) is 18.7 Å². The molecule has 1 aliphatic rings. The van der Waals surface area contributed by atoms with E-state index in [1.54, 1.807) is 26.1 Å². The first kappa shape index (κ1) is 22.6. The fourth-order valence-electron chi connectivity index (χ4n) is 3.27. The van der Waals surface area contributed by atoms with Gasteiger partial charge < -0.3 is 10.1 Å². The highest BCUT2D eigenvalue weighted by molar-refractivity contribution is 6.30. The second-order valence-electron chi connectivity index (χ2n) is 7.86. The Morgan fingerprint density at radius 1 is 1.27 bits per heavy atom. The summed E-state index contributed by atoms with van der Waals surface area (Å²) < 4.78 is 20.1. The van der Waals surface area contributed by atoms with E-state index in [-0.39, 0.29) is 28.4 Å². The van der Waals surface area contributed by atoms with Crippen LogP contribution < -0.4 is 10.6 Å². The van der Waals surface area contributed by atoms with Gasteiger partial charge in [0, 0.05) is 18.5 Å². The lowest BCUT2D eigenvalue weighted by atomic mass is 10.2. The van der Waals surface area contributed by atoms with E-state index in [1.807, 2.05) is 6.92 Å². The van der Waals surface area contributed by atoms with E-state index in [9.17, 15) is 14.0 Å². The van der Waals surface area contributed by atoms with Crippen LogP contribution in [0, 0.1) is 17.7 Å². The van der Waals surface area contributed by atoms with Gasteiger partial charge in [0.15, 0.2) is 11.5 Å². The van der Waals surface area contributed by atoms with E-state index < -0.39 is 18.0 Å². The van der Waals surface area contributed by atoms with Crippen molar-refractivity contribution in [3.05, 3.63) is 47.1 Å². The number of ether oxygens (including phenoxy) is 1. The smallest absolute Gasteiger partial charge is 0.413 e. The van der Waals surface area contributed by atoms with Crippen LogP contribution in [-0.4, -0.2) is 37.0 Å². The van der Waals surface area contributed by atoms with E-state index in [2.05, 4.69) is 30.9 Å². The molecule has 2 amide bonds. The molecule has 172 valence electrons. The van der Waals surface area contributed by atoms with Crippen LogP contribution in [0.1, 0.15) is 31.9 Å². The molecule has 0 aliphatic heterocycles. The summed E-state index contributed by atoms with van der Waals surface area (Å²) in [6.07, 6.45) is 1.70. The molecule has 10 nitrogen and oxygen atoms in total. The quantitative estimate of drug-likeness (QED) is 0.519. The number of aromatic nitrogens is 5. The van der Waals surface area contributed by atoms with Crippen LogP contribution >= 0.6 is 11.6 Å². The molecule has 3 aromatic heterocycles. The maximum absolute atomic E-state index is 13.5. The van der Waals surface area contributed by atoms with Crippen molar-refractivity contribution >= 4 is 35.1 Å². The lowest BCUT2D eigenvalue weighted by molar-refractivity contribution is -0.117. The van der Waals surface area contributed by atoms with Crippen LogP contribution in [0.4, 0.5) is 20.7 Å². The van der Waals surface area contributed by atoms with Gasteiger partial charge in [0.1, 0.15) is 17.1 Å². The second kappa shape index (κ2) is 9.10. The van der Waals surface area contributed by atoms with Gasteiger partial charge in [0.25, 0.3) is 0 Å². The SMILES string of the molecule is C[C@@H]1C[C@H]1C(=O)Nc1ccc(-c2nnn(C)c2NC(=O)O[C@H](C)c2cc(F)cnc2Cl)nc1. The van der Waals surface area contributed by atoms with E-state index >= 15 is 0 Å². The van der Waals surface area contributed by atoms with Gasteiger partial charge in [0.05, 0.1) is 23.8 Å². The number of halogens is 2. The molecule has 1 aliphatic carbocycles. The van der Waals surface area contributed by atoms with Crippen molar-refractivity contribution in [1.29, 1.82) is 0 Å². The molecular weight excluding hydrogens is 453 g/mol. The molecule has 1 fully saturated rings. The average molecular weight is 474 g/mol. The maximum atomic E-state index is 13.5. The Kier molecular flexibility index (Phi) is 6.23. The Morgan fingerprint density at radius 3 is 2.70 bits per heavy atom. The van der Waals surface area contributed by atoms with Crippen LogP contribution in [0.5, 0.6) is 0 Å². The topological polar surface area (TPSA) is 124 Å². The predicted molar refractivity (Wildman–Crippen MR) is 118 cm³/mol. The summed E-state index contributed by atoms with van der Waals surface area (Å²) in [6, 6.07) is 4.51. The number of aryl methyl sites for hydroxylation is 1. The number of hydrogen-bond donors (Lipinski definition) is 2. The van der Waals surface area contributed by atoms with Crippen molar-refractivity contribution in [2.45, 2.75) is 26.4 Å². The number of pyridine rings is 2. The number of nitrogens with zero attached hydrogens (tertiary/aromatic N) is 5. The summed E-state index contributed by atoms with van der Waals surface area (Å²) in [6.45, 7) is 3.57. The summed E-state index contributed by atoms with van der Waals surface area (Å²) in [5, 5.41) is 13.4. The molecule has 3 aromatic rings. The maximum Gasteiger partial charge on any atom is 0.413 e. The van der Waals surface area contributed by atoms with Crippen molar-refractivity contribution in [3.8, 4) is 11.4 Å². The minimum atomic E-state index is -0.861. The minimum Gasteiger partial charge on any atom is -0.441 e. The van der Waals surface area contributed by atoms with Gasteiger partial charge in [0.2, 0.25) is 5.91 Å². The third-order valence-electron chi connectivity index (χ3n) is 5.32. The lowest BCUT2D eigenvalue weighted by Gasteiger charge is -2.15. The molecular formula is C21H21ClFN7O3. The zero-order valence-corrected chi connectivity index (χ0v) is 18.8. The number of amides is 2. The normalized spacial score (nSPS) is 17.8. The first-order valence-electron chi connectivity index (χ1n) is 10.2. The van der Waals surface area contributed by atoms with E-state index in [0.29, 0.717) is 23.0 Å². The zero-order valence-electron chi connectivity index (χ0n) is 18.0. The van der Waals surface area contributed by atoms with Gasteiger partial charge in [-0.25, -0.2) is 18.9 Å². The van der Waals surface area contributed by atoms with Crippen molar-refractivity contribution in [3.63, 3.8) is 0 Å². The Bertz CT molecular complexity index is 1200.